The molecule has 0 atom stereocenters. The number of hydrogen-bond donors (Lipinski definition) is 0. The third-order valence-electron chi connectivity index (χ3n) is 6.05. The molecule has 5 rings (SSSR count). The summed E-state index contributed by atoms with van der Waals surface area (Å²) < 4.78 is 30.8. The minimum absolute atomic E-state index is 0.0405. The first-order valence-corrected chi connectivity index (χ1v) is 11.7. The number of hydrogen-bond acceptors (Lipinski definition) is 4. The van der Waals surface area contributed by atoms with Gasteiger partial charge in [0.05, 0.1) is 11.1 Å². The fraction of sp³-hybridized carbons (Fsp3) is 0.280. The summed E-state index contributed by atoms with van der Waals surface area (Å²) >= 11 is 1.40. The van der Waals surface area contributed by atoms with Crippen molar-refractivity contribution in [2.45, 2.75) is 25.8 Å². The molecule has 3 heterocycles. The highest BCUT2D eigenvalue weighted by Gasteiger charge is 2.17. The molecule has 2 aromatic heterocycles. The molecule has 0 saturated carbocycles. The van der Waals surface area contributed by atoms with Crippen molar-refractivity contribution >= 4 is 21.6 Å². The summed E-state index contributed by atoms with van der Waals surface area (Å²) in [6.07, 6.45) is 3.65. The Morgan fingerprint density at radius 1 is 0.875 bits per heavy atom. The average Bonchev–Trinajstić information content (AvgIpc) is 3.29. The number of rotatable bonds is 5. The molecule has 4 aromatic rings. The van der Waals surface area contributed by atoms with Crippen LogP contribution in [0.5, 0.6) is 0 Å². The van der Waals surface area contributed by atoms with Gasteiger partial charge in [-0.3, -0.25) is 9.36 Å². The number of thiophene rings is 1. The normalized spacial score (nSPS) is 14.8. The average molecular weight is 452 g/mol. The Morgan fingerprint density at radius 3 is 2.28 bits per heavy atom. The Hall–Kier alpha value is -2.90. The first-order valence-electron chi connectivity index (χ1n) is 10.9. The van der Waals surface area contributed by atoms with Gasteiger partial charge in [-0.2, -0.15) is 0 Å². The summed E-state index contributed by atoms with van der Waals surface area (Å²) in [7, 11) is 0. The van der Waals surface area contributed by atoms with E-state index in [1.807, 2.05) is 11.4 Å². The van der Waals surface area contributed by atoms with Crippen molar-refractivity contribution < 1.29 is 8.78 Å². The Morgan fingerprint density at radius 2 is 1.56 bits per heavy atom. The number of halogens is 2. The van der Waals surface area contributed by atoms with Gasteiger partial charge in [-0.05, 0) is 55.1 Å². The molecule has 164 valence electrons. The molecular formula is C25H23F2N3OS. The lowest BCUT2D eigenvalue weighted by molar-refractivity contribution is 0.220. The second kappa shape index (κ2) is 8.92. The maximum absolute atomic E-state index is 14.2. The lowest BCUT2D eigenvalue weighted by atomic mass is 10.0. The van der Waals surface area contributed by atoms with Crippen molar-refractivity contribution in [1.29, 1.82) is 0 Å². The fourth-order valence-corrected chi connectivity index (χ4v) is 5.13. The topological polar surface area (TPSA) is 38.1 Å². The molecular weight excluding hydrogens is 428 g/mol. The van der Waals surface area contributed by atoms with Crippen LogP contribution in [0.15, 0.2) is 58.7 Å². The van der Waals surface area contributed by atoms with Crippen LogP contribution in [-0.4, -0.2) is 34.1 Å². The molecule has 1 fully saturated rings. The van der Waals surface area contributed by atoms with Crippen molar-refractivity contribution in [3.63, 3.8) is 0 Å². The molecule has 1 aliphatic heterocycles. The SMILES string of the molecule is O=c1c2sccc2nc(-c2ccc(-c3c(F)cccc3F)cc2)n1CCN1CCCCC1. The molecule has 0 spiro atoms. The van der Waals surface area contributed by atoms with Crippen LogP contribution < -0.4 is 5.56 Å². The largest absolute Gasteiger partial charge is 0.302 e. The molecule has 4 nitrogen and oxygen atoms in total. The summed E-state index contributed by atoms with van der Waals surface area (Å²) in [6.45, 7) is 3.46. The van der Waals surface area contributed by atoms with Crippen LogP contribution in [0.25, 0.3) is 32.7 Å². The van der Waals surface area contributed by atoms with Crippen LogP contribution in [0.4, 0.5) is 8.78 Å². The van der Waals surface area contributed by atoms with Gasteiger partial charge in [-0.15, -0.1) is 11.3 Å². The summed E-state index contributed by atoms with van der Waals surface area (Å²) in [4.78, 5) is 20.4. The van der Waals surface area contributed by atoms with Crippen molar-refractivity contribution in [1.82, 2.24) is 14.5 Å². The number of likely N-dealkylation sites (tertiary alicyclic amines) is 1. The van der Waals surface area contributed by atoms with Gasteiger partial charge in [0, 0.05) is 18.7 Å². The Bertz CT molecular complexity index is 1290. The molecule has 0 aliphatic carbocycles. The van der Waals surface area contributed by atoms with Gasteiger partial charge in [0.15, 0.2) is 0 Å². The lowest BCUT2D eigenvalue weighted by Gasteiger charge is -2.27. The van der Waals surface area contributed by atoms with Crippen molar-refractivity contribution in [2.24, 2.45) is 0 Å². The summed E-state index contributed by atoms with van der Waals surface area (Å²) in [5.74, 6) is -0.624. The second-order valence-electron chi connectivity index (χ2n) is 8.10. The van der Waals surface area contributed by atoms with E-state index < -0.39 is 11.6 Å². The molecule has 0 radical (unpaired) electrons. The molecule has 0 N–H and O–H groups in total. The van der Waals surface area contributed by atoms with Crippen LogP contribution >= 0.6 is 11.3 Å². The first kappa shape index (κ1) is 21.0. The lowest BCUT2D eigenvalue weighted by Crippen LogP contribution is -2.35. The third kappa shape index (κ3) is 3.98. The van der Waals surface area contributed by atoms with Crippen molar-refractivity contribution in [3.8, 4) is 22.5 Å². The Kier molecular flexibility index (Phi) is 5.85. The molecule has 1 aliphatic rings. The minimum Gasteiger partial charge on any atom is -0.302 e. The van der Waals surface area contributed by atoms with Gasteiger partial charge in [0.1, 0.15) is 22.2 Å². The number of piperidine rings is 1. The van der Waals surface area contributed by atoms with Gasteiger partial charge >= 0.3 is 0 Å². The molecule has 0 amide bonds. The summed E-state index contributed by atoms with van der Waals surface area (Å²) in [6, 6.07) is 12.6. The number of aromatic nitrogens is 2. The van der Waals surface area contributed by atoms with Crippen LogP contribution in [0.2, 0.25) is 0 Å². The number of fused-ring (bicyclic) bond motifs is 1. The molecule has 7 heteroatoms. The van der Waals surface area contributed by atoms with Crippen LogP contribution in [0.3, 0.4) is 0 Å². The Labute approximate surface area is 188 Å². The molecule has 1 saturated heterocycles. The van der Waals surface area contributed by atoms with E-state index >= 15 is 0 Å². The van der Waals surface area contributed by atoms with E-state index in [2.05, 4.69) is 4.90 Å². The van der Waals surface area contributed by atoms with Gasteiger partial charge in [0.2, 0.25) is 0 Å². The number of nitrogens with zero attached hydrogens (tertiary/aromatic N) is 3. The molecule has 2 aromatic carbocycles. The van der Waals surface area contributed by atoms with Gasteiger partial charge < -0.3 is 4.90 Å². The van der Waals surface area contributed by atoms with Crippen molar-refractivity contribution in [3.05, 3.63) is 75.9 Å². The zero-order valence-corrected chi connectivity index (χ0v) is 18.4. The van der Waals surface area contributed by atoms with E-state index in [0.29, 0.717) is 28.1 Å². The molecule has 0 bridgehead atoms. The van der Waals surface area contributed by atoms with E-state index in [1.54, 1.807) is 28.8 Å². The predicted molar refractivity (Wildman–Crippen MR) is 125 cm³/mol. The maximum atomic E-state index is 14.2. The first-order chi connectivity index (χ1) is 15.6. The highest BCUT2D eigenvalue weighted by Crippen LogP contribution is 2.29. The highest BCUT2D eigenvalue weighted by atomic mass is 32.1. The van der Waals surface area contributed by atoms with Gasteiger partial charge in [-0.1, -0.05) is 36.8 Å². The summed E-state index contributed by atoms with van der Waals surface area (Å²) in [5.41, 5.74) is 1.77. The molecule has 0 unspecified atom stereocenters. The zero-order chi connectivity index (χ0) is 22.1. The Balaban J connectivity index is 1.53. The van der Waals surface area contributed by atoms with Crippen LogP contribution in [-0.2, 0) is 6.54 Å². The van der Waals surface area contributed by atoms with Crippen LogP contribution in [0.1, 0.15) is 19.3 Å². The standard InChI is InChI=1S/C25H23F2N3OS/c26-19-5-4-6-20(27)22(19)17-7-9-18(10-8-17)24-28-21-11-16-32-23(21)25(31)30(24)15-14-29-12-2-1-3-13-29/h4-11,16H,1-3,12-15H2. The van der Waals surface area contributed by atoms with E-state index in [4.69, 9.17) is 4.98 Å². The molecule has 32 heavy (non-hydrogen) atoms. The minimum atomic E-state index is -0.603. The third-order valence-corrected chi connectivity index (χ3v) is 6.94. The predicted octanol–water partition coefficient (Wildman–Crippen LogP) is 5.56. The maximum Gasteiger partial charge on any atom is 0.271 e. The highest BCUT2D eigenvalue weighted by molar-refractivity contribution is 7.17. The van der Waals surface area contributed by atoms with E-state index in [-0.39, 0.29) is 11.1 Å². The fourth-order valence-electron chi connectivity index (χ4n) is 4.36. The summed E-state index contributed by atoms with van der Waals surface area (Å²) in [5, 5.41) is 1.88. The monoisotopic (exact) mass is 451 g/mol. The van der Waals surface area contributed by atoms with E-state index in [0.717, 1.165) is 25.2 Å². The quantitative estimate of drug-likeness (QED) is 0.399. The number of benzene rings is 2. The zero-order valence-electron chi connectivity index (χ0n) is 17.6. The van der Waals surface area contributed by atoms with Crippen molar-refractivity contribution in [2.75, 3.05) is 19.6 Å². The second-order valence-corrected chi connectivity index (χ2v) is 9.02. The van der Waals surface area contributed by atoms with E-state index in [9.17, 15) is 13.6 Å². The van der Waals surface area contributed by atoms with Gasteiger partial charge in [-0.25, -0.2) is 13.8 Å². The van der Waals surface area contributed by atoms with Gasteiger partial charge in [0.25, 0.3) is 5.56 Å². The smallest absolute Gasteiger partial charge is 0.271 e. The van der Waals surface area contributed by atoms with E-state index in [1.165, 1.54) is 48.8 Å². The van der Waals surface area contributed by atoms with Crippen LogP contribution in [0, 0.1) is 11.6 Å².